The van der Waals surface area contributed by atoms with Crippen molar-refractivity contribution in [3.8, 4) is 0 Å². The predicted molar refractivity (Wildman–Crippen MR) is 71.2 cm³/mol. The number of hydrogen-bond donors (Lipinski definition) is 0. The summed E-state index contributed by atoms with van der Waals surface area (Å²) in [6, 6.07) is 3.66. The molecular formula is C14H18F2O2S. The van der Waals surface area contributed by atoms with E-state index in [9.17, 15) is 8.78 Å². The Morgan fingerprint density at radius 1 is 1.32 bits per heavy atom. The van der Waals surface area contributed by atoms with Crippen molar-refractivity contribution in [3.05, 3.63) is 29.8 Å². The molecule has 0 spiro atoms. The van der Waals surface area contributed by atoms with E-state index in [0.29, 0.717) is 11.5 Å². The van der Waals surface area contributed by atoms with Gasteiger partial charge in [-0.2, -0.15) is 0 Å². The van der Waals surface area contributed by atoms with Gasteiger partial charge in [0.2, 0.25) is 0 Å². The number of ether oxygens (including phenoxy) is 2. The maximum atomic E-state index is 13.3. The highest BCUT2D eigenvalue weighted by molar-refractivity contribution is 7.99. The topological polar surface area (TPSA) is 18.5 Å². The Balaban J connectivity index is 1.61. The van der Waals surface area contributed by atoms with Gasteiger partial charge < -0.3 is 9.47 Å². The SMILES string of the molecule is Fc1ccc(SCCCO[C@H]2CCCCO2)c(F)c1. The first-order chi connectivity index (χ1) is 9.25. The van der Waals surface area contributed by atoms with Gasteiger partial charge >= 0.3 is 0 Å². The molecule has 1 saturated heterocycles. The molecule has 0 bridgehead atoms. The predicted octanol–water partition coefficient (Wildman–Crippen LogP) is 3.99. The van der Waals surface area contributed by atoms with Crippen molar-refractivity contribution in [2.24, 2.45) is 0 Å². The van der Waals surface area contributed by atoms with E-state index < -0.39 is 11.6 Å². The van der Waals surface area contributed by atoms with Crippen molar-refractivity contribution in [3.63, 3.8) is 0 Å². The number of halogens is 2. The fourth-order valence-corrected chi connectivity index (χ4v) is 2.73. The molecule has 0 radical (unpaired) electrons. The average molecular weight is 288 g/mol. The van der Waals surface area contributed by atoms with Crippen molar-refractivity contribution >= 4 is 11.8 Å². The molecule has 0 N–H and O–H groups in total. The average Bonchev–Trinajstić information content (AvgIpc) is 2.42. The summed E-state index contributed by atoms with van der Waals surface area (Å²) in [5.41, 5.74) is 0. The molecule has 0 aliphatic carbocycles. The van der Waals surface area contributed by atoms with Crippen LogP contribution in [0.5, 0.6) is 0 Å². The largest absolute Gasteiger partial charge is 0.353 e. The van der Waals surface area contributed by atoms with Crippen LogP contribution < -0.4 is 0 Å². The number of rotatable bonds is 6. The Labute approximate surface area is 116 Å². The van der Waals surface area contributed by atoms with Gasteiger partial charge in [0.1, 0.15) is 11.6 Å². The quantitative estimate of drug-likeness (QED) is 0.582. The summed E-state index contributed by atoms with van der Waals surface area (Å²) in [7, 11) is 0. The molecule has 1 aliphatic heterocycles. The number of thioether (sulfide) groups is 1. The van der Waals surface area contributed by atoms with Crippen LogP contribution in [-0.2, 0) is 9.47 Å². The van der Waals surface area contributed by atoms with Crippen molar-refractivity contribution in [2.75, 3.05) is 19.0 Å². The van der Waals surface area contributed by atoms with Crippen molar-refractivity contribution in [1.82, 2.24) is 0 Å². The van der Waals surface area contributed by atoms with E-state index in [2.05, 4.69) is 0 Å². The van der Waals surface area contributed by atoms with Crippen LogP contribution >= 0.6 is 11.8 Å². The summed E-state index contributed by atoms with van der Waals surface area (Å²) >= 11 is 1.38. The van der Waals surface area contributed by atoms with Crippen molar-refractivity contribution < 1.29 is 18.3 Å². The summed E-state index contributed by atoms with van der Waals surface area (Å²) < 4.78 is 37.1. The molecule has 1 aliphatic rings. The second-order valence-electron chi connectivity index (χ2n) is 4.44. The van der Waals surface area contributed by atoms with Gasteiger partial charge in [-0.25, -0.2) is 8.78 Å². The minimum absolute atomic E-state index is 0.0682. The van der Waals surface area contributed by atoms with E-state index in [1.54, 1.807) is 0 Å². The van der Waals surface area contributed by atoms with Crippen LogP contribution in [0.4, 0.5) is 8.78 Å². The molecule has 0 aromatic heterocycles. The van der Waals surface area contributed by atoms with Gasteiger partial charge in [-0.3, -0.25) is 0 Å². The molecule has 1 fully saturated rings. The molecule has 106 valence electrons. The maximum Gasteiger partial charge on any atom is 0.157 e. The van der Waals surface area contributed by atoms with E-state index >= 15 is 0 Å². The minimum atomic E-state index is -0.542. The smallest absolute Gasteiger partial charge is 0.157 e. The van der Waals surface area contributed by atoms with Gasteiger partial charge in [0, 0.05) is 23.3 Å². The zero-order valence-electron chi connectivity index (χ0n) is 10.7. The molecule has 5 heteroatoms. The van der Waals surface area contributed by atoms with Crippen LogP contribution in [0.1, 0.15) is 25.7 Å². The Morgan fingerprint density at radius 2 is 2.21 bits per heavy atom. The van der Waals surface area contributed by atoms with Crippen LogP contribution in [0.15, 0.2) is 23.1 Å². The van der Waals surface area contributed by atoms with E-state index in [-0.39, 0.29) is 6.29 Å². The molecule has 1 aromatic rings. The van der Waals surface area contributed by atoms with E-state index in [4.69, 9.17) is 9.47 Å². The summed E-state index contributed by atoms with van der Waals surface area (Å²) in [5, 5.41) is 0. The molecule has 1 atom stereocenters. The third-order valence-electron chi connectivity index (χ3n) is 2.88. The molecular weight excluding hydrogens is 270 g/mol. The fourth-order valence-electron chi connectivity index (χ4n) is 1.89. The van der Waals surface area contributed by atoms with E-state index in [1.807, 2.05) is 0 Å². The van der Waals surface area contributed by atoms with Crippen LogP contribution in [0.3, 0.4) is 0 Å². The number of benzene rings is 1. The Bertz CT molecular complexity index is 395. The standard InChI is InChI=1S/C14H18F2O2S/c15-11-5-6-13(12(16)10-11)19-9-3-8-18-14-4-1-2-7-17-14/h5-6,10,14H,1-4,7-9H2/t14-/m0/s1. The lowest BCUT2D eigenvalue weighted by atomic mass is 10.2. The van der Waals surface area contributed by atoms with E-state index in [0.717, 1.165) is 44.1 Å². The monoisotopic (exact) mass is 288 g/mol. The molecule has 0 unspecified atom stereocenters. The zero-order valence-corrected chi connectivity index (χ0v) is 11.6. The second kappa shape index (κ2) is 7.82. The first kappa shape index (κ1) is 14.8. The highest BCUT2D eigenvalue weighted by Crippen LogP contribution is 2.23. The molecule has 19 heavy (non-hydrogen) atoms. The summed E-state index contributed by atoms with van der Waals surface area (Å²) in [4.78, 5) is 0.482. The van der Waals surface area contributed by atoms with Gasteiger partial charge in [0.05, 0.1) is 6.61 Å². The second-order valence-corrected chi connectivity index (χ2v) is 5.58. The maximum absolute atomic E-state index is 13.3. The normalized spacial score (nSPS) is 19.6. The molecule has 2 rings (SSSR count). The van der Waals surface area contributed by atoms with Gasteiger partial charge in [-0.05, 0) is 37.8 Å². The Kier molecular flexibility index (Phi) is 6.07. The third kappa shape index (κ3) is 5.09. The first-order valence-electron chi connectivity index (χ1n) is 6.57. The van der Waals surface area contributed by atoms with Gasteiger partial charge in [0.15, 0.2) is 6.29 Å². The van der Waals surface area contributed by atoms with Crippen LogP contribution in [0.25, 0.3) is 0 Å². The minimum Gasteiger partial charge on any atom is -0.353 e. The molecule has 2 nitrogen and oxygen atoms in total. The summed E-state index contributed by atoms with van der Waals surface area (Å²) in [5.74, 6) is -0.295. The Hall–Kier alpha value is -0.650. The number of hydrogen-bond acceptors (Lipinski definition) is 3. The Morgan fingerprint density at radius 3 is 2.95 bits per heavy atom. The van der Waals surface area contributed by atoms with Crippen LogP contribution in [0.2, 0.25) is 0 Å². The lowest BCUT2D eigenvalue weighted by Gasteiger charge is -2.22. The molecule has 0 saturated carbocycles. The molecule has 1 aromatic carbocycles. The molecule has 1 heterocycles. The van der Waals surface area contributed by atoms with Gasteiger partial charge in [-0.15, -0.1) is 11.8 Å². The first-order valence-corrected chi connectivity index (χ1v) is 7.55. The van der Waals surface area contributed by atoms with E-state index in [1.165, 1.54) is 23.9 Å². The zero-order chi connectivity index (χ0) is 13.5. The van der Waals surface area contributed by atoms with Crippen molar-refractivity contribution in [1.29, 1.82) is 0 Å². The lowest BCUT2D eigenvalue weighted by Crippen LogP contribution is -2.22. The highest BCUT2D eigenvalue weighted by Gasteiger charge is 2.13. The van der Waals surface area contributed by atoms with Gasteiger partial charge in [0.25, 0.3) is 0 Å². The molecule has 0 amide bonds. The summed E-state index contributed by atoms with van der Waals surface area (Å²) in [6.07, 6.45) is 3.97. The van der Waals surface area contributed by atoms with Crippen molar-refractivity contribution in [2.45, 2.75) is 36.9 Å². The fraction of sp³-hybridized carbons (Fsp3) is 0.571. The highest BCUT2D eigenvalue weighted by atomic mass is 32.2. The lowest BCUT2D eigenvalue weighted by molar-refractivity contribution is -0.162. The van der Waals surface area contributed by atoms with Crippen LogP contribution in [-0.4, -0.2) is 25.3 Å². The van der Waals surface area contributed by atoms with Gasteiger partial charge in [-0.1, -0.05) is 0 Å². The third-order valence-corrected chi connectivity index (χ3v) is 4.02. The van der Waals surface area contributed by atoms with Crippen LogP contribution in [0, 0.1) is 11.6 Å². The summed E-state index contributed by atoms with van der Waals surface area (Å²) in [6.45, 7) is 1.39.